The number of nitrogen functional groups attached to an aromatic ring is 1. The first-order valence-corrected chi connectivity index (χ1v) is 7.44. The summed E-state index contributed by atoms with van der Waals surface area (Å²) < 4.78 is 5.03. The minimum atomic E-state index is -0.500. The van der Waals surface area contributed by atoms with E-state index >= 15 is 0 Å². The summed E-state index contributed by atoms with van der Waals surface area (Å²) in [6.45, 7) is 4.27. The molecule has 0 aromatic heterocycles. The van der Waals surface area contributed by atoms with Crippen LogP contribution in [0.4, 0.5) is 16.2 Å². The topological polar surface area (TPSA) is 79.6 Å². The van der Waals surface area contributed by atoms with Crippen molar-refractivity contribution in [3.8, 4) is 5.75 Å². The van der Waals surface area contributed by atoms with Crippen LogP contribution >= 0.6 is 0 Å². The molecule has 1 aromatic carbocycles. The van der Waals surface area contributed by atoms with E-state index in [-0.39, 0.29) is 0 Å². The second-order valence-corrected chi connectivity index (χ2v) is 5.22. The van der Waals surface area contributed by atoms with Crippen LogP contribution in [-0.4, -0.2) is 44.2 Å². The Morgan fingerprint density at radius 1 is 1.33 bits per heavy atom. The molecule has 1 fully saturated rings. The number of carbonyl (C=O) groups excluding carboxylic acids is 1. The van der Waals surface area contributed by atoms with Crippen molar-refractivity contribution in [1.29, 1.82) is 0 Å². The number of carbonyl (C=O) groups is 1. The van der Waals surface area contributed by atoms with Crippen LogP contribution < -0.4 is 21.1 Å². The second-order valence-electron chi connectivity index (χ2n) is 5.22. The Bertz CT molecular complexity index is 473. The van der Waals surface area contributed by atoms with Gasteiger partial charge in [0.15, 0.2) is 0 Å². The molecule has 0 bridgehead atoms. The molecule has 0 spiro atoms. The average molecular weight is 292 g/mol. The molecular formula is C15H24N4O2. The smallest absolute Gasteiger partial charge is 0.410 e. The molecule has 1 saturated heterocycles. The number of hydrogen-bond acceptors (Lipinski definition) is 5. The van der Waals surface area contributed by atoms with E-state index in [1.165, 1.54) is 39.4 Å². The molecule has 0 aliphatic carbocycles. The molecule has 1 aliphatic heterocycles. The quantitative estimate of drug-likeness (QED) is 0.722. The van der Waals surface area contributed by atoms with E-state index in [4.69, 9.17) is 10.5 Å². The predicted molar refractivity (Wildman–Crippen MR) is 84.7 cm³/mol. The van der Waals surface area contributed by atoms with E-state index in [0.29, 0.717) is 11.4 Å². The van der Waals surface area contributed by atoms with Gasteiger partial charge in [0.25, 0.3) is 0 Å². The molecule has 21 heavy (non-hydrogen) atoms. The van der Waals surface area contributed by atoms with Gasteiger partial charge in [0.05, 0.1) is 11.4 Å². The SMILES string of the molecule is CNC(=O)Oc1ccc(NCCN2CCCCC2)c(N)c1. The maximum atomic E-state index is 11.1. The number of rotatable bonds is 5. The Labute approximate surface area is 125 Å². The molecule has 4 N–H and O–H groups in total. The number of nitrogens with two attached hydrogens (primary N) is 1. The Morgan fingerprint density at radius 3 is 2.76 bits per heavy atom. The monoisotopic (exact) mass is 292 g/mol. The Morgan fingerprint density at radius 2 is 2.10 bits per heavy atom. The first kappa shape index (κ1) is 15.4. The lowest BCUT2D eigenvalue weighted by molar-refractivity contribution is 0.203. The molecule has 1 heterocycles. The van der Waals surface area contributed by atoms with E-state index in [1.54, 1.807) is 12.1 Å². The third-order valence-corrected chi connectivity index (χ3v) is 3.63. The summed E-state index contributed by atoms with van der Waals surface area (Å²) in [6, 6.07) is 5.22. The molecule has 6 nitrogen and oxygen atoms in total. The molecular weight excluding hydrogens is 268 g/mol. The zero-order chi connectivity index (χ0) is 15.1. The molecule has 2 rings (SSSR count). The van der Waals surface area contributed by atoms with E-state index < -0.39 is 6.09 Å². The number of hydrogen-bond donors (Lipinski definition) is 3. The van der Waals surface area contributed by atoms with Gasteiger partial charge in [0, 0.05) is 26.2 Å². The van der Waals surface area contributed by atoms with Crippen LogP contribution in [0.25, 0.3) is 0 Å². The van der Waals surface area contributed by atoms with Gasteiger partial charge < -0.3 is 26.0 Å². The molecule has 1 aromatic rings. The summed E-state index contributed by atoms with van der Waals surface area (Å²) in [5.74, 6) is 0.438. The molecule has 6 heteroatoms. The van der Waals surface area contributed by atoms with Crippen LogP contribution in [0.3, 0.4) is 0 Å². The number of amides is 1. The molecule has 0 saturated carbocycles. The van der Waals surface area contributed by atoms with E-state index in [0.717, 1.165) is 18.8 Å². The van der Waals surface area contributed by atoms with Gasteiger partial charge in [-0.05, 0) is 38.1 Å². The van der Waals surface area contributed by atoms with Crippen molar-refractivity contribution >= 4 is 17.5 Å². The van der Waals surface area contributed by atoms with E-state index in [1.807, 2.05) is 6.07 Å². The van der Waals surface area contributed by atoms with Gasteiger partial charge in [0.1, 0.15) is 5.75 Å². The summed E-state index contributed by atoms with van der Waals surface area (Å²) in [5, 5.41) is 5.73. The third-order valence-electron chi connectivity index (χ3n) is 3.63. The molecule has 0 radical (unpaired) electrons. The highest BCUT2D eigenvalue weighted by Crippen LogP contribution is 2.24. The zero-order valence-corrected chi connectivity index (χ0v) is 12.5. The minimum absolute atomic E-state index is 0.438. The fourth-order valence-corrected chi connectivity index (χ4v) is 2.46. The van der Waals surface area contributed by atoms with Crippen molar-refractivity contribution in [3.05, 3.63) is 18.2 Å². The third kappa shape index (κ3) is 4.82. The van der Waals surface area contributed by atoms with Crippen LogP contribution in [0.2, 0.25) is 0 Å². The molecule has 0 unspecified atom stereocenters. The average Bonchev–Trinajstić information content (AvgIpc) is 2.50. The van der Waals surface area contributed by atoms with Gasteiger partial charge in [-0.25, -0.2) is 4.79 Å². The zero-order valence-electron chi connectivity index (χ0n) is 12.5. The summed E-state index contributed by atoms with van der Waals surface area (Å²) in [4.78, 5) is 13.6. The first-order valence-electron chi connectivity index (χ1n) is 7.44. The van der Waals surface area contributed by atoms with Gasteiger partial charge >= 0.3 is 6.09 Å². The van der Waals surface area contributed by atoms with Gasteiger partial charge in [-0.1, -0.05) is 6.42 Å². The normalized spacial score (nSPS) is 15.5. The number of likely N-dealkylation sites (tertiary alicyclic amines) is 1. The van der Waals surface area contributed by atoms with Gasteiger partial charge in [-0.3, -0.25) is 0 Å². The number of nitrogens with one attached hydrogen (secondary N) is 2. The van der Waals surface area contributed by atoms with Crippen LogP contribution in [-0.2, 0) is 0 Å². The highest BCUT2D eigenvalue weighted by Gasteiger charge is 2.10. The fraction of sp³-hybridized carbons (Fsp3) is 0.533. The van der Waals surface area contributed by atoms with Crippen molar-refractivity contribution in [2.24, 2.45) is 0 Å². The number of benzene rings is 1. The lowest BCUT2D eigenvalue weighted by Crippen LogP contribution is -2.33. The molecule has 116 valence electrons. The summed E-state index contributed by atoms with van der Waals surface area (Å²) in [6.07, 6.45) is 3.45. The van der Waals surface area contributed by atoms with Gasteiger partial charge in [-0.15, -0.1) is 0 Å². The van der Waals surface area contributed by atoms with Gasteiger partial charge in [-0.2, -0.15) is 0 Å². The lowest BCUT2D eigenvalue weighted by Gasteiger charge is -2.26. The standard InChI is InChI=1S/C15H24N4O2/c1-17-15(20)21-12-5-6-14(13(16)11-12)18-7-10-19-8-3-2-4-9-19/h5-6,11,18H,2-4,7-10,16H2,1H3,(H,17,20). The minimum Gasteiger partial charge on any atom is -0.410 e. The number of nitrogens with zero attached hydrogens (tertiary/aromatic N) is 1. The molecule has 1 aliphatic rings. The van der Waals surface area contributed by atoms with Crippen molar-refractivity contribution in [2.45, 2.75) is 19.3 Å². The number of ether oxygens (including phenoxy) is 1. The number of anilines is 2. The Hall–Kier alpha value is -1.95. The van der Waals surface area contributed by atoms with Gasteiger partial charge in [0.2, 0.25) is 0 Å². The van der Waals surface area contributed by atoms with Crippen LogP contribution in [0.1, 0.15) is 19.3 Å². The Kier molecular flexibility index (Phi) is 5.68. The first-order chi connectivity index (χ1) is 10.2. The van der Waals surface area contributed by atoms with E-state index in [2.05, 4.69) is 15.5 Å². The summed E-state index contributed by atoms with van der Waals surface area (Å²) in [5.41, 5.74) is 7.42. The maximum Gasteiger partial charge on any atom is 0.412 e. The van der Waals surface area contributed by atoms with Crippen molar-refractivity contribution < 1.29 is 9.53 Å². The Balaban J connectivity index is 1.81. The predicted octanol–water partition coefficient (Wildman–Crippen LogP) is 1.88. The fourth-order valence-electron chi connectivity index (χ4n) is 2.46. The molecule has 0 atom stereocenters. The highest BCUT2D eigenvalue weighted by atomic mass is 16.5. The van der Waals surface area contributed by atoms with Crippen LogP contribution in [0.15, 0.2) is 18.2 Å². The van der Waals surface area contributed by atoms with Crippen molar-refractivity contribution in [3.63, 3.8) is 0 Å². The second kappa shape index (κ2) is 7.73. The largest absolute Gasteiger partial charge is 0.412 e. The molecule has 1 amide bonds. The van der Waals surface area contributed by atoms with Crippen molar-refractivity contribution in [1.82, 2.24) is 10.2 Å². The maximum absolute atomic E-state index is 11.1. The highest BCUT2D eigenvalue weighted by molar-refractivity contribution is 5.73. The van der Waals surface area contributed by atoms with Crippen molar-refractivity contribution in [2.75, 3.05) is 44.3 Å². The lowest BCUT2D eigenvalue weighted by atomic mass is 10.1. The van der Waals surface area contributed by atoms with E-state index in [9.17, 15) is 4.79 Å². The number of piperidine rings is 1. The summed E-state index contributed by atoms with van der Waals surface area (Å²) in [7, 11) is 1.52. The summed E-state index contributed by atoms with van der Waals surface area (Å²) >= 11 is 0. The van der Waals surface area contributed by atoms with Crippen LogP contribution in [0, 0.1) is 0 Å². The van der Waals surface area contributed by atoms with Crippen LogP contribution in [0.5, 0.6) is 5.75 Å².